The number of fused-ring (bicyclic) bond motifs is 1. The summed E-state index contributed by atoms with van der Waals surface area (Å²) in [5, 5.41) is 1.42. The van der Waals surface area contributed by atoms with Crippen molar-refractivity contribution in [1.82, 2.24) is 0 Å². The summed E-state index contributed by atoms with van der Waals surface area (Å²) in [6.07, 6.45) is 0. The Hall–Kier alpha value is -1.46. The third-order valence-corrected chi connectivity index (χ3v) is 2.56. The van der Waals surface area contributed by atoms with Gasteiger partial charge < -0.3 is 0 Å². The molecule has 0 fully saturated rings. The molecule has 0 bridgehead atoms. The summed E-state index contributed by atoms with van der Waals surface area (Å²) in [6, 6.07) is 12.0. The standard InChI is InChI=1S/C10H8FNO2S/c11-12(15(13)14)10-7-3-5-8-4-1-2-6-9(8)10/h1-7H,(H,13,14). The minimum atomic E-state index is -2.65. The van der Waals surface area contributed by atoms with Crippen molar-refractivity contribution in [2.24, 2.45) is 0 Å². The van der Waals surface area contributed by atoms with Gasteiger partial charge in [-0.05, 0) is 11.5 Å². The summed E-state index contributed by atoms with van der Waals surface area (Å²) in [6.45, 7) is 0. The van der Waals surface area contributed by atoms with Crippen LogP contribution in [0.25, 0.3) is 10.8 Å². The Labute approximate surface area is 88.5 Å². The van der Waals surface area contributed by atoms with Crippen LogP contribution in [-0.2, 0) is 11.3 Å². The number of halogens is 1. The van der Waals surface area contributed by atoms with Crippen molar-refractivity contribution in [2.45, 2.75) is 0 Å². The van der Waals surface area contributed by atoms with Gasteiger partial charge in [0, 0.05) is 5.39 Å². The Morgan fingerprint density at radius 1 is 1.13 bits per heavy atom. The van der Waals surface area contributed by atoms with Crippen LogP contribution in [0.2, 0.25) is 0 Å². The molecule has 3 nitrogen and oxygen atoms in total. The molecule has 0 aliphatic rings. The van der Waals surface area contributed by atoms with Crippen molar-refractivity contribution in [3.63, 3.8) is 0 Å². The lowest BCUT2D eigenvalue weighted by Gasteiger charge is -2.10. The molecule has 78 valence electrons. The summed E-state index contributed by atoms with van der Waals surface area (Å²) in [7, 11) is 0. The molecule has 0 heterocycles. The van der Waals surface area contributed by atoms with E-state index < -0.39 is 11.3 Å². The fourth-order valence-corrected chi connectivity index (χ4v) is 1.77. The molecule has 15 heavy (non-hydrogen) atoms. The third kappa shape index (κ3) is 1.84. The monoisotopic (exact) mass is 225 g/mol. The van der Waals surface area contributed by atoms with Crippen LogP contribution in [0.15, 0.2) is 42.5 Å². The second-order valence-corrected chi connectivity index (χ2v) is 3.76. The summed E-state index contributed by atoms with van der Waals surface area (Å²) in [4.78, 5) is 0. The average molecular weight is 225 g/mol. The van der Waals surface area contributed by atoms with Crippen LogP contribution in [-0.4, -0.2) is 8.76 Å². The van der Waals surface area contributed by atoms with Gasteiger partial charge in [0.15, 0.2) is 0 Å². The van der Waals surface area contributed by atoms with Crippen molar-refractivity contribution in [1.29, 1.82) is 0 Å². The van der Waals surface area contributed by atoms with Crippen LogP contribution in [0.1, 0.15) is 0 Å². The highest BCUT2D eigenvalue weighted by atomic mass is 32.2. The van der Waals surface area contributed by atoms with E-state index in [2.05, 4.69) is 0 Å². The molecule has 0 aliphatic carbocycles. The Kier molecular flexibility index (Phi) is 2.66. The highest BCUT2D eigenvalue weighted by Crippen LogP contribution is 2.27. The first-order chi connectivity index (χ1) is 7.20. The van der Waals surface area contributed by atoms with Crippen LogP contribution in [0.5, 0.6) is 0 Å². The van der Waals surface area contributed by atoms with Gasteiger partial charge in [-0.15, -0.1) is 4.53 Å². The van der Waals surface area contributed by atoms with E-state index in [4.69, 9.17) is 4.55 Å². The predicted octanol–water partition coefficient (Wildman–Crippen LogP) is 2.67. The van der Waals surface area contributed by atoms with E-state index in [1.165, 1.54) is 6.07 Å². The van der Waals surface area contributed by atoms with Crippen LogP contribution < -0.4 is 4.53 Å². The van der Waals surface area contributed by atoms with Gasteiger partial charge in [0.05, 0.1) is 5.69 Å². The van der Waals surface area contributed by atoms with E-state index in [1.807, 2.05) is 18.2 Å². The van der Waals surface area contributed by atoms with Gasteiger partial charge >= 0.3 is 0 Å². The molecule has 1 unspecified atom stereocenters. The fraction of sp³-hybridized carbons (Fsp3) is 0. The lowest BCUT2D eigenvalue weighted by atomic mass is 10.1. The molecule has 0 aliphatic heterocycles. The zero-order chi connectivity index (χ0) is 10.8. The Bertz CT molecular complexity index is 512. The van der Waals surface area contributed by atoms with Crippen LogP contribution in [0, 0.1) is 0 Å². The quantitative estimate of drug-likeness (QED) is 0.630. The third-order valence-electron chi connectivity index (χ3n) is 2.09. The van der Waals surface area contributed by atoms with Crippen molar-refractivity contribution in [3.8, 4) is 0 Å². The first-order valence-corrected chi connectivity index (χ1v) is 5.31. The van der Waals surface area contributed by atoms with Crippen LogP contribution in [0.4, 0.5) is 10.2 Å². The van der Waals surface area contributed by atoms with E-state index in [1.54, 1.807) is 18.2 Å². The number of rotatable bonds is 2. The number of hydrogen-bond donors (Lipinski definition) is 1. The summed E-state index contributed by atoms with van der Waals surface area (Å²) >= 11 is -2.65. The summed E-state index contributed by atoms with van der Waals surface area (Å²) < 4.78 is 32.4. The van der Waals surface area contributed by atoms with E-state index in [9.17, 15) is 8.69 Å². The number of benzene rings is 2. The molecule has 5 heteroatoms. The molecule has 0 aromatic heterocycles. The summed E-state index contributed by atoms with van der Waals surface area (Å²) in [5.41, 5.74) is 0.0916. The molecule has 1 N–H and O–H groups in total. The first kappa shape index (κ1) is 10.1. The number of hydrogen-bond acceptors (Lipinski definition) is 1. The Morgan fingerprint density at radius 2 is 1.80 bits per heavy atom. The highest BCUT2D eigenvalue weighted by Gasteiger charge is 2.13. The fourth-order valence-electron chi connectivity index (χ4n) is 1.45. The molecule has 0 amide bonds. The maximum absolute atomic E-state index is 13.3. The molecule has 0 saturated carbocycles. The maximum Gasteiger partial charge on any atom is 0.291 e. The SMILES string of the molecule is O=S(O)N(F)c1cccc2ccccc12. The minimum absolute atomic E-state index is 0.0916. The first-order valence-electron chi connectivity index (χ1n) is 4.25. The van der Waals surface area contributed by atoms with E-state index in [0.717, 1.165) is 5.39 Å². The minimum Gasteiger partial charge on any atom is -0.287 e. The van der Waals surface area contributed by atoms with Gasteiger partial charge in [0.1, 0.15) is 0 Å². The number of anilines is 1. The molecular formula is C10H8FNO2S. The van der Waals surface area contributed by atoms with Crippen LogP contribution >= 0.6 is 0 Å². The zero-order valence-electron chi connectivity index (χ0n) is 7.63. The maximum atomic E-state index is 13.3. The van der Waals surface area contributed by atoms with Crippen molar-refractivity contribution in [3.05, 3.63) is 42.5 Å². The van der Waals surface area contributed by atoms with Crippen molar-refractivity contribution in [2.75, 3.05) is 4.53 Å². The Morgan fingerprint density at radius 3 is 2.53 bits per heavy atom. The smallest absolute Gasteiger partial charge is 0.287 e. The van der Waals surface area contributed by atoms with Gasteiger partial charge in [-0.2, -0.15) is 0 Å². The normalized spacial score (nSPS) is 12.7. The van der Waals surface area contributed by atoms with Crippen molar-refractivity contribution >= 4 is 27.7 Å². The molecule has 1 atom stereocenters. The molecule has 0 radical (unpaired) electrons. The van der Waals surface area contributed by atoms with E-state index >= 15 is 0 Å². The van der Waals surface area contributed by atoms with E-state index in [0.29, 0.717) is 5.39 Å². The van der Waals surface area contributed by atoms with Crippen molar-refractivity contribution < 1.29 is 13.2 Å². The van der Waals surface area contributed by atoms with Gasteiger partial charge in [-0.3, -0.25) is 4.55 Å². The van der Waals surface area contributed by atoms with Gasteiger partial charge in [0.2, 0.25) is 0 Å². The molecule has 0 saturated heterocycles. The van der Waals surface area contributed by atoms with Gasteiger partial charge in [-0.25, -0.2) is 4.21 Å². The molecule has 2 rings (SSSR count). The number of nitrogens with zero attached hydrogens (tertiary/aromatic N) is 1. The lowest BCUT2D eigenvalue weighted by molar-refractivity contribution is 0.479. The second kappa shape index (κ2) is 3.96. The second-order valence-electron chi connectivity index (χ2n) is 2.97. The predicted molar refractivity (Wildman–Crippen MR) is 58.3 cm³/mol. The lowest BCUT2D eigenvalue weighted by Crippen LogP contribution is -2.14. The topological polar surface area (TPSA) is 40.5 Å². The molecule has 2 aromatic carbocycles. The Balaban J connectivity index is 2.65. The van der Waals surface area contributed by atoms with Gasteiger partial charge in [-0.1, -0.05) is 40.9 Å². The highest BCUT2D eigenvalue weighted by molar-refractivity contribution is 7.80. The average Bonchev–Trinajstić information content (AvgIpc) is 2.27. The zero-order valence-corrected chi connectivity index (χ0v) is 8.45. The molecular weight excluding hydrogens is 217 g/mol. The molecule has 2 aromatic rings. The van der Waals surface area contributed by atoms with Gasteiger partial charge in [0.25, 0.3) is 11.3 Å². The summed E-state index contributed by atoms with van der Waals surface area (Å²) in [5.74, 6) is 0. The largest absolute Gasteiger partial charge is 0.291 e. The van der Waals surface area contributed by atoms with Crippen LogP contribution in [0.3, 0.4) is 0 Å². The van der Waals surface area contributed by atoms with E-state index in [-0.39, 0.29) is 10.2 Å². The molecule has 0 spiro atoms.